The van der Waals surface area contributed by atoms with Crippen molar-refractivity contribution in [2.45, 2.75) is 25.3 Å². The Morgan fingerprint density at radius 3 is 2.83 bits per heavy atom. The van der Waals surface area contributed by atoms with E-state index in [2.05, 4.69) is 10.4 Å². The average molecular weight is 252 g/mol. The predicted molar refractivity (Wildman–Crippen MR) is 64.2 cm³/mol. The Kier molecular flexibility index (Phi) is 3.50. The van der Waals surface area contributed by atoms with E-state index in [0.29, 0.717) is 5.82 Å². The highest BCUT2D eigenvalue weighted by Gasteiger charge is 2.32. The minimum absolute atomic E-state index is 0.0356. The maximum Gasteiger partial charge on any atom is 0.323 e. The van der Waals surface area contributed by atoms with Crippen LogP contribution in [-0.2, 0) is 11.8 Å². The molecule has 2 amide bonds. The molecule has 0 radical (unpaired) electrons. The first-order chi connectivity index (χ1) is 8.56. The van der Waals surface area contributed by atoms with Crippen LogP contribution in [0.25, 0.3) is 0 Å². The van der Waals surface area contributed by atoms with E-state index >= 15 is 0 Å². The Bertz CT molecular complexity index is 453. The number of carbonyl (C=O) groups excluding carboxylic acids is 1. The van der Waals surface area contributed by atoms with Crippen molar-refractivity contribution in [3.63, 3.8) is 0 Å². The molecular weight excluding hydrogens is 236 g/mol. The number of carbonyl (C=O) groups is 2. The number of rotatable bonds is 5. The van der Waals surface area contributed by atoms with Gasteiger partial charge in [0.25, 0.3) is 0 Å². The largest absolute Gasteiger partial charge is 0.481 e. The summed E-state index contributed by atoms with van der Waals surface area (Å²) in [6.07, 6.45) is 3.57. The fourth-order valence-corrected chi connectivity index (χ4v) is 1.72. The maximum absolute atomic E-state index is 12.0. The van der Waals surface area contributed by atoms with Gasteiger partial charge < -0.3 is 10.0 Å². The molecule has 2 rings (SSSR count). The van der Waals surface area contributed by atoms with Crippen LogP contribution in [-0.4, -0.2) is 44.4 Å². The molecule has 1 aliphatic carbocycles. The highest BCUT2D eigenvalue weighted by molar-refractivity contribution is 5.88. The molecule has 98 valence electrons. The molecule has 0 atom stereocenters. The van der Waals surface area contributed by atoms with E-state index in [1.54, 1.807) is 28.9 Å². The molecule has 0 unspecified atom stereocenters. The van der Waals surface area contributed by atoms with Crippen molar-refractivity contribution in [3.8, 4) is 0 Å². The van der Waals surface area contributed by atoms with E-state index in [0.717, 1.165) is 12.8 Å². The zero-order valence-corrected chi connectivity index (χ0v) is 10.2. The molecule has 1 aromatic rings. The molecule has 2 N–H and O–H groups in total. The van der Waals surface area contributed by atoms with Crippen LogP contribution in [0.3, 0.4) is 0 Å². The molecule has 0 aromatic carbocycles. The van der Waals surface area contributed by atoms with Gasteiger partial charge in [0.2, 0.25) is 0 Å². The second-order valence-corrected chi connectivity index (χ2v) is 4.37. The first kappa shape index (κ1) is 12.4. The zero-order chi connectivity index (χ0) is 13.1. The summed E-state index contributed by atoms with van der Waals surface area (Å²) in [7, 11) is 1.76. The van der Waals surface area contributed by atoms with Crippen LogP contribution < -0.4 is 5.32 Å². The lowest BCUT2D eigenvalue weighted by molar-refractivity contribution is -0.137. The molecule has 0 aliphatic heterocycles. The SMILES string of the molecule is Cn1ccc(NC(=O)N(CCC(=O)O)C2CC2)n1. The molecule has 1 aromatic heterocycles. The van der Waals surface area contributed by atoms with Gasteiger partial charge >= 0.3 is 12.0 Å². The second-order valence-electron chi connectivity index (χ2n) is 4.37. The zero-order valence-electron chi connectivity index (χ0n) is 10.2. The van der Waals surface area contributed by atoms with Gasteiger partial charge in [0.15, 0.2) is 5.82 Å². The minimum Gasteiger partial charge on any atom is -0.481 e. The fourth-order valence-electron chi connectivity index (χ4n) is 1.72. The molecule has 0 saturated heterocycles. The van der Waals surface area contributed by atoms with Crippen LogP contribution in [0.5, 0.6) is 0 Å². The third-order valence-corrected chi connectivity index (χ3v) is 2.76. The lowest BCUT2D eigenvalue weighted by Gasteiger charge is -2.21. The van der Waals surface area contributed by atoms with Gasteiger partial charge in [-0.3, -0.25) is 14.8 Å². The van der Waals surface area contributed by atoms with Crippen molar-refractivity contribution in [3.05, 3.63) is 12.3 Å². The predicted octanol–water partition coefficient (Wildman–Crippen LogP) is 0.891. The van der Waals surface area contributed by atoms with E-state index in [9.17, 15) is 9.59 Å². The number of hydrogen-bond donors (Lipinski definition) is 2. The number of nitrogens with zero attached hydrogens (tertiary/aromatic N) is 3. The summed E-state index contributed by atoms with van der Waals surface area (Å²) in [4.78, 5) is 24.1. The number of anilines is 1. The first-order valence-corrected chi connectivity index (χ1v) is 5.85. The number of nitrogens with one attached hydrogen (secondary N) is 1. The Morgan fingerprint density at radius 2 is 2.33 bits per heavy atom. The highest BCUT2D eigenvalue weighted by Crippen LogP contribution is 2.27. The Morgan fingerprint density at radius 1 is 1.61 bits per heavy atom. The molecule has 1 fully saturated rings. The van der Waals surface area contributed by atoms with Gasteiger partial charge in [0.05, 0.1) is 6.42 Å². The van der Waals surface area contributed by atoms with E-state index < -0.39 is 5.97 Å². The molecule has 1 aliphatic rings. The Hall–Kier alpha value is -2.05. The first-order valence-electron chi connectivity index (χ1n) is 5.85. The molecule has 1 heterocycles. The summed E-state index contributed by atoms with van der Waals surface area (Å²) < 4.78 is 1.59. The number of carboxylic acid groups (broad SMARTS) is 1. The van der Waals surface area contributed by atoms with Gasteiger partial charge in [0, 0.05) is 31.9 Å². The number of amides is 2. The van der Waals surface area contributed by atoms with Crippen LogP contribution in [0.2, 0.25) is 0 Å². The summed E-state index contributed by atoms with van der Waals surface area (Å²) in [6, 6.07) is 1.59. The maximum atomic E-state index is 12.0. The van der Waals surface area contributed by atoms with E-state index in [1.165, 1.54) is 0 Å². The monoisotopic (exact) mass is 252 g/mol. The number of urea groups is 1. The summed E-state index contributed by atoms with van der Waals surface area (Å²) in [6.45, 7) is 0.235. The summed E-state index contributed by atoms with van der Waals surface area (Å²) in [5, 5.41) is 15.4. The third kappa shape index (κ3) is 3.22. The quantitative estimate of drug-likeness (QED) is 0.814. The molecular formula is C11H16N4O3. The number of aliphatic carboxylic acids is 1. The van der Waals surface area contributed by atoms with Crippen molar-refractivity contribution in [2.24, 2.45) is 7.05 Å². The van der Waals surface area contributed by atoms with Crippen molar-refractivity contribution < 1.29 is 14.7 Å². The Balaban J connectivity index is 1.93. The van der Waals surface area contributed by atoms with Crippen molar-refractivity contribution in [2.75, 3.05) is 11.9 Å². The van der Waals surface area contributed by atoms with E-state index in [-0.39, 0.29) is 25.0 Å². The number of carboxylic acids is 1. The van der Waals surface area contributed by atoms with Crippen molar-refractivity contribution in [1.29, 1.82) is 0 Å². The van der Waals surface area contributed by atoms with Crippen molar-refractivity contribution >= 4 is 17.8 Å². The van der Waals surface area contributed by atoms with Gasteiger partial charge in [-0.15, -0.1) is 0 Å². The normalized spacial score (nSPS) is 14.3. The average Bonchev–Trinajstić information content (AvgIpc) is 3.03. The Labute approximate surface area is 104 Å². The van der Waals surface area contributed by atoms with Gasteiger partial charge in [-0.2, -0.15) is 5.10 Å². The van der Waals surface area contributed by atoms with Gasteiger partial charge in [0.1, 0.15) is 0 Å². The second kappa shape index (κ2) is 5.07. The van der Waals surface area contributed by atoms with E-state index in [4.69, 9.17) is 5.11 Å². The molecule has 0 spiro atoms. The van der Waals surface area contributed by atoms with Gasteiger partial charge in [-0.25, -0.2) is 4.79 Å². The van der Waals surface area contributed by atoms with Crippen LogP contribution >= 0.6 is 0 Å². The standard InChI is InChI=1S/C11H16N4O3/c1-14-6-4-9(13-14)12-11(18)15(8-2-3-8)7-5-10(16)17/h4,6,8H,2-3,5,7H2,1H3,(H,16,17)(H,12,13,18). The van der Waals surface area contributed by atoms with Crippen LogP contribution in [0.1, 0.15) is 19.3 Å². The number of aromatic nitrogens is 2. The minimum atomic E-state index is -0.897. The lowest BCUT2D eigenvalue weighted by Crippen LogP contribution is -2.38. The smallest absolute Gasteiger partial charge is 0.323 e. The third-order valence-electron chi connectivity index (χ3n) is 2.76. The molecule has 18 heavy (non-hydrogen) atoms. The van der Waals surface area contributed by atoms with Gasteiger partial charge in [-0.1, -0.05) is 0 Å². The molecule has 1 saturated carbocycles. The van der Waals surface area contributed by atoms with E-state index in [1.807, 2.05) is 0 Å². The molecule has 7 heteroatoms. The summed E-state index contributed by atoms with van der Waals surface area (Å²) in [5.74, 6) is -0.422. The molecule has 0 bridgehead atoms. The molecule has 7 nitrogen and oxygen atoms in total. The lowest BCUT2D eigenvalue weighted by atomic mass is 10.4. The van der Waals surface area contributed by atoms with Crippen molar-refractivity contribution in [1.82, 2.24) is 14.7 Å². The number of hydrogen-bond acceptors (Lipinski definition) is 3. The van der Waals surface area contributed by atoms with Crippen LogP contribution in [0.15, 0.2) is 12.3 Å². The fraction of sp³-hybridized carbons (Fsp3) is 0.545. The summed E-state index contributed by atoms with van der Waals surface area (Å²) in [5.41, 5.74) is 0. The topological polar surface area (TPSA) is 87.5 Å². The number of aryl methyl sites for hydroxylation is 1. The van der Waals surface area contributed by atoms with Crippen LogP contribution in [0.4, 0.5) is 10.6 Å². The van der Waals surface area contributed by atoms with Crippen LogP contribution in [0, 0.1) is 0 Å². The summed E-state index contributed by atoms with van der Waals surface area (Å²) >= 11 is 0. The highest BCUT2D eigenvalue weighted by atomic mass is 16.4. The van der Waals surface area contributed by atoms with Gasteiger partial charge in [-0.05, 0) is 12.8 Å².